The van der Waals surface area contributed by atoms with Crippen LogP contribution in [0, 0.1) is 6.92 Å². The van der Waals surface area contributed by atoms with Crippen molar-refractivity contribution in [1.82, 2.24) is 0 Å². The molecule has 0 N–H and O–H groups in total. The first-order valence-corrected chi connectivity index (χ1v) is 30.2. The number of fused-ring (bicyclic) bond motifs is 26. The van der Waals surface area contributed by atoms with E-state index in [1.807, 2.05) is 0 Å². The van der Waals surface area contributed by atoms with Gasteiger partial charge in [0.05, 0.1) is 22.2 Å². The molecule has 0 saturated heterocycles. The lowest BCUT2D eigenvalue weighted by atomic mass is 9.39. The summed E-state index contributed by atoms with van der Waals surface area (Å²) in [4.78, 5) is 8.30. The zero-order valence-electron chi connectivity index (χ0n) is 45.6. The maximum absolute atomic E-state index is 2.72. The average Bonchev–Trinajstić information content (AvgIpc) is 2.59. The Morgan fingerprint density at radius 1 is 0.367 bits per heavy atom. The highest BCUT2D eigenvalue weighted by Crippen LogP contribution is 2.70. The molecule has 0 saturated carbocycles. The fraction of sp³-hybridized carbons (Fsp3) is 0.162. The Hall–Kier alpha value is -7.96. The van der Waals surface area contributed by atoms with Crippen molar-refractivity contribution in [1.29, 1.82) is 0 Å². The van der Waals surface area contributed by atoms with Crippen LogP contribution in [0.5, 0.6) is 0 Å². The van der Waals surface area contributed by atoms with Crippen LogP contribution in [0.25, 0.3) is 44.5 Å². The Kier molecular flexibility index (Phi) is 9.37. The highest BCUT2D eigenvalue weighted by molar-refractivity contribution is 7.37. The molecule has 4 heterocycles. The normalized spacial score (nSPS) is 15.2. The largest absolute Gasteiger partial charge is 0.310 e. The van der Waals surface area contributed by atoms with Crippen LogP contribution in [0.4, 0.5) is 34.1 Å². The molecule has 4 aliphatic carbocycles. The molecule has 378 valence electrons. The summed E-state index contributed by atoms with van der Waals surface area (Å²) in [7, 11) is 0. The van der Waals surface area contributed by atoms with Crippen LogP contribution in [0.15, 0.2) is 200 Å². The van der Waals surface area contributed by atoms with Crippen molar-refractivity contribution in [3.8, 4) is 44.5 Å². The standard InChI is InChI=1S/C74H57BN2S2/c1-41(2)45-28-33-48(34-29-45)76-62-38-44(7)39-63-66(62)75(71-67(76)64-54-22-12-17-27-60(54)73(69(64)78-71)56-23-13-8-18-50(56)51-19-9-14-24-57(51)73)72-68(77(63)49-35-30-46(31-36-49)42(3)4)65-55-37-32-47(43(5)6)40-61(55)74(70(65)79-72)58-25-15-10-20-52(58)53-21-11-16-26-59(53)74/h8-43H,1-7H3. The van der Waals surface area contributed by atoms with Gasteiger partial charge in [-0.2, -0.15) is 0 Å². The predicted octanol–water partition coefficient (Wildman–Crippen LogP) is 18.3. The van der Waals surface area contributed by atoms with Crippen LogP contribution in [-0.4, -0.2) is 6.71 Å². The van der Waals surface area contributed by atoms with Gasteiger partial charge >= 0.3 is 0 Å². The van der Waals surface area contributed by atoms with E-state index in [0.717, 1.165) is 0 Å². The molecule has 0 radical (unpaired) electrons. The number of hydrogen-bond acceptors (Lipinski definition) is 4. The number of aryl methyl sites for hydroxylation is 1. The molecule has 6 aliphatic rings. The Bertz CT molecular complexity index is 4360. The Balaban J connectivity index is 1.04. The van der Waals surface area contributed by atoms with E-state index in [2.05, 4.69) is 281 Å². The third-order valence-electron chi connectivity index (χ3n) is 19.0. The number of hydrogen-bond donors (Lipinski definition) is 0. The first kappa shape index (κ1) is 46.0. The van der Waals surface area contributed by atoms with Gasteiger partial charge in [-0.3, -0.25) is 0 Å². The van der Waals surface area contributed by atoms with Gasteiger partial charge in [-0.05, 0) is 156 Å². The van der Waals surface area contributed by atoms with Gasteiger partial charge in [0.1, 0.15) is 0 Å². The van der Waals surface area contributed by atoms with Gasteiger partial charge < -0.3 is 9.80 Å². The summed E-state index contributed by atoms with van der Waals surface area (Å²) >= 11 is 4.21. The molecule has 5 heteroatoms. The second-order valence-electron chi connectivity index (χ2n) is 24.0. The molecular formula is C74H57BN2S2. The van der Waals surface area contributed by atoms with Gasteiger partial charge in [0.25, 0.3) is 6.71 Å². The number of rotatable bonds is 5. The van der Waals surface area contributed by atoms with Crippen molar-refractivity contribution in [2.45, 2.75) is 77.0 Å². The smallest absolute Gasteiger partial charge is 0.277 e. The molecular weight excluding hydrogens is 992 g/mol. The second-order valence-corrected chi connectivity index (χ2v) is 26.1. The predicted molar refractivity (Wildman–Crippen MR) is 336 cm³/mol. The van der Waals surface area contributed by atoms with Gasteiger partial charge in [-0.15, -0.1) is 22.7 Å². The highest BCUT2D eigenvalue weighted by Gasteiger charge is 2.60. The first-order valence-electron chi connectivity index (χ1n) is 28.5. The Labute approximate surface area is 472 Å². The summed E-state index contributed by atoms with van der Waals surface area (Å²) in [5.74, 6) is 1.21. The molecule has 0 fully saturated rings. The molecule has 0 bridgehead atoms. The minimum absolute atomic E-state index is 0.0439. The van der Waals surface area contributed by atoms with E-state index >= 15 is 0 Å². The number of benzene rings is 9. The van der Waals surface area contributed by atoms with E-state index in [1.54, 1.807) is 0 Å². The van der Waals surface area contributed by atoms with E-state index in [0.29, 0.717) is 17.8 Å². The van der Waals surface area contributed by atoms with E-state index in [1.165, 1.54) is 159 Å². The summed E-state index contributed by atoms with van der Waals surface area (Å²) < 4.78 is 2.86. The summed E-state index contributed by atoms with van der Waals surface area (Å²) in [5, 5.41) is 0. The highest BCUT2D eigenvalue weighted by atomic mass is 32.1. The molecule has 9 aromatic carbocycles. The zero-order chi connectivity index (χ0) is 53.0. The van der Waals surface area contributed by atoms with E-state index in [4.69, 9.17) is 0 Å². The van der Waals surface area contributed by atoms with Gasteiger partial charge in [0.2, 0.25) is 0 Å². The number of thiophene rings is 2. The third kappa shape index (κ3) is 5.63. The maximum atomic E-state index is 2.72. The lowest BCUT2D eigenvalue weighted by Crippen LogP contribution is -2.59. The molecule has 2 aromatic heterocycles. The SMILES string of the molecule is Cc1cc2c3c(c1)N(c1ccc(C(C)C)cc1)c1c(sc4c1-c1ccc(C(C)C)cc1C41c4ccccc4-c4ccccc41)B3c1sc3c(c1N2c1ccc(C(C)C)cc1)-c1ccccc1C31c2ccccc2-c2ccccc21. The maximum Gasteiger partial charge on any atom is 0.277 e. The number of anilines is 6. The van der Waals surface area contributed by atoms with Gasteiger partial charge in [-0.25, -0.2) is 0 Å². The first-order chi connectivity index (χ1) is 38.6. The van der Waals surface area contributed by atoms with Crippen molar-refractivity contribution in [3.63, 3.8) is 0 Å². The van der Waals surface area contributed by atoms with Crippen molar-refractivity contribution in [2.75, 3.05) is 9.80 Å². The fourth-order valence-electron chi connectivity index (χ4n) is 15.6. The Morgan fingerprint density at radius 3 is 1.11 bits per heavy atom. The van der Waals surface area contributed by atoms with Gasteiger partial charge in [-0.1, -0.05) is 205 Å². The second kappa shape index (κ2) is 16.1. The van der Waals surface area contributed by atoms with Crippen molar-refractivity contribution < 1.29 is 0 Å². The zero-order valence-corrected chi connectivity index (χ0v) is 47.2. The van der Waals surface area contributed by atoms with Crippen LogP contribution in [0.1, 0.15) is 125 Å². The quantitative estimate of drug-likeness (QED) is 0.159. The topological polar surface area (TPSA) is 6.48 Å². The lowest BCUT2D eigenvalue weighted by Gasteiger charge is -2.43. The third-order valence-corrected chi connectivity index (χ3v) is 21.8. The Morgan fingerprint density at radius 2 is 0.709 bits per heavy atom. The van der Waals surface area contributed by atoms with Crippen LogP contribution in [0.3, 0.4) is 0 Å². The monoisotopic (exact) mass is 1050 g/mol. The molecule has 2 aliphatic heterocycles. The minimum Gasteiger partial charge on any atom is -0.310 e. The number of nitrogens with zero attached hydrogens (tertiary/aromatic N) is 2. The van der Waals surface area contributed by atoms with Crippen LogP contribution in [0.2, 0.25) is 0 Å². The molecule has 17 rings (SSSR count). The summed E-state index contributed by atoms with van der Waals surface area (Å²) in [5.41, 5.74) is 32.5. The van der Waals surface area contributed by atoms with E-state index in [-0.39, 0.29) is 6.71 Å². The summed E-state index contributed by atoms with van der Waals surface area (Å²) in [6.45, 7) is 16.2. The van der Waals surface area contributed by atoms with E-state index in [9.17, 15) is 0 Å². The molecule has 2 spiro atoms. The molecule has 11 aromatic rings. The summed E-state index contributed by atoms with van der Waals surface area (Å²) in [6.07, 6.45) is 0. The van der Waals surface area contributed by atoms with Crippen molar-refractivity contribution in [2.24, 2.45) is 0 Å². The van der Waals surface area contributed by atoms with E-state index < -0.39 is 10.8 Å². The lowest BCUT2D eigenvalue weighted by molar-refractivity contribution is 0.799. The van der Waals surface area contributed by atoms with Crippen LogP contribution < -0.4 is 24.8 Å². The van der Waals surface area contributed by atoms with Crippen molar-refractivity contribution >= 4 is 78.5 Å². The average molecular weight is 1050 g/mol. The van der Waals surface area contributed by atoms with Crippen molar-refractivity contribution in [3.05, 3.63) is 266 Å². The molecule has 2 nitrogen and oxygen atoms in total. The molecule has 0 unspecified atom stereocenters. The summed E-state index contributed by atoms with van der Waals surface area (Å²) in [6, 6.07) is 78.5. The molecule has 0 atom stereocenters. The minimum atomic E-state index is -0.498. The molecule has 79 heavy (non-hydrogen) atoms. The van der Waals surface area contributed by atoms with Crippen LogP contribution in [-0.2, 0) is 10.8 Å². The fourth-order valence-corrected chi connectivity index (χ4v) is 19.0. The molecule has 0 amide bonds. The van der Waals surface area contributed by atoms with Gasteiger partial charge in [0.15, 0.2) is 0 Å². The van der Waals surface area contributed by atoms with Gasteiger partial charge in [0, 0.05) is 53.2 Å². The van der Waals surface area contributed by atoms with Crippen LogP contribution >= 0.6 is 22.7 Å².